The minimum atomic E-state index is 0.308. The molecule has 5 rings (SSSR count). The molecule has 4 heteroatoms. The van der Waals surface area contributed by atoms with Crippen LogP contribution in [-0.4, -0.2) is 25.7 Å². The van der Waals surface area contributed by atoms with Gasteiger partial charge in [0.1, 0.15) is 0 Å². The van der Waals surface area contributed by atoms with Gasteiger partial charge in [-0.3, -0.25) is 4.79 Å². The number of carbonyl (C=O) groups excluding carboxylic acids is 1. The lowest BCUT2D eigenvalue weighted by molar-refractivity contribution is 0.0952. The van der Waals surface area contributed by atoms with Gasteiger partial charge >= 0.3 is 0 Å². The highest BCUT2D eigenvalue weighted by molar-refractivity contribution is 5.96. The lowest BCUT2D eigenvalue weighted by atomic mass is 9.87. The normalized spacial score (nSPS) is 23.9. The first-order chi connectivity index (χ1) is 15.7. The lowest BCUT2D eigenvalue weighted by Gasteiger charge is -2.21. The van der Waals surface area contributed by atoms with Crippen molar-refractivity contribution in [3.05, 3.63) is 59.2 Å². The van der Waals surface area contributed by atoms with Gasteiger partial charge in [-0.25, -0.2) is 0 Å². The summed E-state index contributed by atoms with van der Waals surface area (Å²) in [4.78, 5) is 12.7. The van der Waals surface area contributed by atoms with Gasteiger partial charge in [-0.1, -0.05) is 43.3 Å². The second-order valence-electron chi connectivity index (χ2n) is 10.0. The largest absolute Gasteiger partial charge is 0.454 e. The molecule has 2 aromatic rings. The summed E-state index contributed by atoms with van der Waals surface area (Å²) in [6, 6.07) is 14.8. The van der Waals surface area contributed by atoms with E-state index in [-0.39, 0.29) is 0 Å². The summed E-state index contributed by atoms with van der Waals surface area (Å²) < 4.78 is 11.3. The van der Waals surface area contributed by atoms with Gasteiger partial charge in [0, 0.05) is 17.5 Å². The van der Waals surface area contributed by atoms with Gasteiger partial charge in [0.25, 0.3) is 0 Å². The highest BCUT2D eigenvalue weighted by Crippen LogP contribution is 2.45. The SMILES string of the molecule is C[C@@H](CC1CC[C@H](c2ccc(C(=O)CC3CCNCC3)cc2)C1)c1cccc2c1OCO2. The van der Waals surface area contributed by atoms with E-state index in [9.17, 15) is 4.79 Å². The average molecular weight is 434 g/mol. The van der Waals surface area contributed by atoms with Crippen molar-refractivity contribution < 1.29 is 14.3 Å². The highest BCUT2D eigenvalue weighted by Gasteiger charge is 2.29. The van der Waals surface area contributed by atoms with Crippen molar-refractivity contribution in [2.24, 2.45) is 11.8 Å². The molecular weight excluding hydrogens is 398 g/mol. The molecule has 1 unspecified atom stereocenters. The lowest BCUT2D eigenvalue weighted by Crippen LogP contribution is -2.28. The van der Waals surface area contributed by atoms with Crippen LogP contribution in [0.25, 0.3) is 0 Å². The van der Waals surface area contributed by atoms with E-state index in [0.717, 1.165) is 48.9 Å². The van der Waals surface area contributed by atoms with Crippen LogP contribution in [0.2, 0.25) is 0 Å². The van der Waals surface area contributed by atoms with E-state index in [2.05, 4.69) is 48.6 Å². The second-order valence-corrected chi connectivity index (χ2v) is 10.0. The Hall–Kier alpha value is -2.33. The number of nitrogens with one attached hydrogen (secondary N) is 1. The standard InChI is InChI=1S/C28H35NO3/c1-19(25-3-2-4-27-28(25)32-18-31-27)15-21-5-6-24(16-21)22-7-9-23(10-8-22)26(30)17-20-11-13-29-14-12-20/h2-4,7-10,19-21,24,29H,5-6,11-18H2,1H3/t19-,21?,24-/m0/s1. The van der Waals surface area contributed by atoms with Crippen LogP contribution in [0.15, 0.2) is 42.5 Å². The predicted octanol–water partition coefficient (Wildman–Crippen LogP) is 6.07. The third kappa shape index (κ3) is 4.71. The van der Waals surface area contributed by atoms with Gasteiger partial charge in [0.05, 0.1) is 0 Å². The van der Waals surface area contributed by atoms with Gasteiger partial charge in [0.2, 0.25) is 6.79 Å². The Morgan fingerprint density at radius 1 is 1.00 bits per heavy atom. The maximum Gasteiger partial charge on any atom is 0.231 e. The molecule has 2 aromatic carbocycles. The van der Waals surface area contributed by atoms with Crippen molar-refractivity contribution in [1.29, 1.82) is 0 Å². The topological polar surface area (TPSA) is 47.6 Å². The van der Waals surface area contributed by atoms with Gasteiger partial charge in [-0.15, -0.1) is 0 Å². The zero-order valence-corrected chi connectivity index (χ0v) is 19.1. The fourth-order valence-corrected chi connectivity index (χ4v) is 5.97. The maximum atomic E-state index is 12.7. The second kappa shape index (κ2) is 9.66. The Bertz CT molecular complexity index is 932. The molecule has 2 heterocycles. The molecule has 1 N–H and O–H groups in total. The molecule has 4 nitrogen and oxygen atoms in total. The molecule has 0 amide bonds. The Balaban J connectivity index is 1.16. The van der Waals surface area contributed by atoms with Crippen LogP contribution in [0.4, 0.5) is 0 Å². The van der Waals surface area contributed by atoms with Crippen molar-refractivity contribution in [2.75, 3.05) is 19.9 Å². The molecule has 0 spiro atoms. The smallest absolute Gasteiger partial charge is 0.231 e. The third-order valence-corrected chi connectivity index (χ3v) is 7.82. The molecular formula is C28H35NO3. The van der Waals surface area contributed by atoms with E-state index in [1.807, 2.05) is 6.07 Å². The van der Waals surface area contributed by atoms with Crippen LogP contribution >= 0.6 is 0 Å². The molecule has 0 aromatic heterocycles. The summed E-state index contributed by atoms with van der Waals surface area (Å²) in [6.07, 6.45) is 7.88. The Labute approximate surface area is 191 Å². The van der Waals surface area contributed by atoms with Crippen LogP contribution in [-0.2, 0) is 0 Å². The third-order valence-electron chi connectivity index (χ3n) is 7.82. The van der Waals surface area contributed by atoms with Crippen molar-refractivity contribution in [3.63, 3.8) is 0 Å². The zero-order chi connectivity index (χ0) is 21.9. The van der Waals surface area contributed by atoms with Crippen molar-refractivity contribution in [3.8, 4) is 11.5 Å². The molecule has 3 atom stereocenters. The number of benzene rings is 2. The Kier molecular flexibility index (Phi) is 6.49. The number of hydrogen-bond donors (Lipinski definition) is 1. The van der Waals surface area contributed by atoms with Gasteiger partial charge in [-0.2, -0.15) is 0 Å². The quantitative estimate of drug-likeness (QED) is 0.539. The Morgan fingerprint density at radius 3 is 2.62 bits per heavy atom. The van der Waals surface area contributed by atoms with Crippen LogP contribution in [0.5, 0.6) is 11.5 Å². The first-order valence-corrected chi connectivity index (χ1v) is 12.4. The van der Waals surface area contributed by atoms with Gasteiger partial charge in [-0.05, 0) is 86.9 Å². The molecule has 2 fully saturated rings. The molecule has 0 bridgehead atoms. The molecule has 3 aliphatic rings. The number of Topliss-reactive ketones (excluding diaryl/α,β-unsaturated/α-hetero) is 1. The summed E-state index contributed by atoms with van der Waals surface area (Å²) in [7, 11) is 0. The van der Waals surface area contributed by atoms with Crippen LogP contribution < -0.4 is 14.8 Å². The van der Waals surface area contributed by atoms with Crippen LogP contribution in [0, 0.1) is 11.8 Å². The van der Waals surface area contributed by atoms with E-state index in [1.165, 1.54) is 36.8 Å². The molecule has 170 valence electrons. The summed E-state index contributed by atoms with van der Waals surface area (Å²) in [6.45, 7) is 4.74. The summed E-state index contributed by atoms with van der Waals surface area (Å²) in [5.74, 6) is 4.49. The van der Waals surface area contributed by atoms with E-state index >= 15 is 0 Å². The minimum absolute atomic E-state index is 0.308. The molecule has 1 aliphatic carbocycles. The van der Waals surface area contributed by atoms with Crippen LogP contribution in [0.3, 0.4) is 0 Å². The zero-order valence-electron chi connectivity index (χ0n) is 19.1. The molecule has 1 saturated carbocycles. The monoisotopic (exact) mass is 433 g/mol. The first kappa shape index (κ1) is 21.5. The number of ketones is 1. The van der Waals surface area contributed by atoms with Crippen molar-refractivity contribution in [2.45, 2.75) is 63.7 Å². The number of piperidine rings is 1. The minimum Gasteiger partial charge on any atom is -0.454 e. The first-order valence-electron chi connectivity index (χ1n) is 12.4. The number of ether oxygens (including phenoxy) is 2. The number of para-hydroxylation sites is 1. The van der Waals surface area contributed by atoms with E-state index in [0.29, 0.717) is 36.8 Å². The molecule has 0 radical (unpaired) electrons. The van der Waals surface area contributed by atoms with E-state index in [1.54, 1.807) is 0 Å². The fourth-order valence-electron chi connectivity index (χ4n) is 5.97. The van der Waals surface area contributed by atoms with Gasteiger partial charge < -0.3 is 14.8 Å². The van der Waals surface area contributed by atoms with E-state index in [4.69, 9.17) is 9.47 Å². The molecule has 2 aliphatic heterocycles. The predicted molar refractivity (Wildman–Crippen MR) is 127 cm³/mol. The Morgan fingerprint density at radius 2 is 1.81 bits per heavy atom. The number of rotatable bonds is 7. The maximum absolute atomic E-state index is 12.7. The average Bonchev–Trinajstić information content (AvgIpc) is 3.49. The van der Waals surface area contributed by atoms with Crippen molar-refractivity contribution in [1.82, 2.24) is 5.32 Å². The van der Waals surface area contributed by atoms with E-state index < -0.39 is 0 Å². The summed E-state index contributed by atoms with van der Waals surface area (Å²) in [5, 5.41) is 3.38. The summed E-state index contributed by atoms with van der Waals surface area (Å²) in [5.41, 5.74) is 3.56. The summed E-state index contributed by atoms with van der Waals surface area (Å²) >= 11 is 0. The number of hydrogen-bond acceptors (Lipinski definition) is 4. The van der Waals surface area contributed by atoms with Crippen molar-refractivity contribution >= 4 is 5.78 Å². The van der Waals surface area contributed by atoms with Crippen LogP contribution in [0.1, 0.15) is 85.2 Å². The molecule has 1 saturated heterocycles. The van der Waals surface area contributed by atoms with Gasteiger partial charge in [0.15, 0.2) is 17.3 Å². The number of carbonyl (C=O) groups is 1. The number of fused-ring (bicyclic) bond motifs is 1. The fraction of sp³-hybridized carbons (Fsp3) is 0.536. The molecule has 32 heavy (non-hydrogen) atoms. The highest BCUT2D eigenvalue weighted by atomic mass is 16.7.